The van der Waals surface area contributed by atoms with Gasteiger partial charge in [0.05, 0.1) is 17.4 Å². The third kappa shape index (κ3) is 1.02. The Morgan fingerprint density at radius 2 is 2.00 bits per heavy atom. The molecule has 0 saturated carbocycles. The Kier molecular flexibility index (Phi) is 1.62. The molecule has 2 aromatic rings. The molecule has 0 aliphatic carbocycles. The smallest absolute Gasteiger partial charge is 0.0932 e. The Balaban J connectivity index is 2.87. The molecule has 0 atom stereocenters. The van der Waals surface area contributed by atoms with Crippen LogP contribution in [0.15, 0.2) is 18.3 Å². The van der Waals surface area contributed by atoms with Crippen LogP contribution >= 0.6 is 0 Å². The molecule has 0 spiro atoms. The van der Waals surface area contributed by atoms with E-state index in [1.54, 1.807) is 12.3 Å². The predicted molar refractivity (Wildman–Crippen MR) is 54.2 cm³/mol. The lowest BCUT2D eigenvalue weighted by atomic mass is 10.2. The zero-order valence-electron chi connectivity index (χ0n) is 7.49. The van der Waals surface area contributed by atoms with E-state index in [-0.39, 0.29) is 0 Å². The summed E-state index contributed by atoms with van der Waals surface area (Å²) in [6, 6.07) is 3.62. The van der Waals surface area contributed by atoms with Crippen molar-refractivity contribution in [3.05, 3.63) is 18.3 Å². The zero-order valence-corrected chi connectivity index (χ0v) is 7.49. The highest BCUT2D eigenvalue weighted by Crippen LogP contribution is 2.25. The third-order valence-electron chi connectivity index (χ3n) is 2.17. The molecule has 1 heterocycles. The molecule has 0 saturated heterocycles. The van der Waals surface area contributed by atoms with E-state index in [2.05, 4.69) is 5.10 Å². The molecule has 0 amide bonds. The molecule has 0 bridgehead atoms. The van der Waals surface area contributed by atoms with E-state index in [0.29, 0.717) is 0 Å². The molecule has 0 unspecified atom stereocenters. The van der Waals surface area contributed by atoms with Gasteiger partial charge < -0.3 is 11.5 Å². The number of rotatable bonds is 1. The average Bonchev–Trinajstić information content (AvgIpc) is 2.56. The number of benzene rings is 1. The number of anilines is 2. The van der Waals surface area contributed by atoms with Crippen molar-refractivity contribution >= 4 is 22.3 Å². The minimum Gasteiger partial charge on any atom is -0.398 e. The summed E-state index contributed by atoms with van der Waals surface area (Å²) in [6.45, 7) is 2.83. The minimum absolute atomic E-state index is 0.726. The Morgan fingerprint density at radius 3 is 2.69 bits per heavy atom. The maximum atomic E-state index is 5.83. The predicted octanol–water partition coefficient (Wildman–Crippen LogP) is 1.22. The highest BCUT2D eigenvalue weighted by molar-refractivity contribution is 5.97. The fourth-order valence-corrected chi connectivity index (χ4v) is 1.49. The first-order valence-electron chi connectivity index (χ1n) is 4.23. The fourth-order valence-electron chi connectivity index (χ4n) is 1.49. The Bertz CT molecular complexity index is 444. The lowest BCUT2D eigenvalue weighted by molar-refractivity contribution is 0.684. The van der Waals surface area contributed by atoms with Crippen molar-refractivity contribution in [2.45, 2.75) is 13.5 Å². The number of nitrogens with zero attached hydrogens (tertiary/aromatic N) is 2. The van der Waals surface area contributed by atoms with Crippen LogP contribution in [0.4, 0.5) is 11.4 Å². The lowest BCUT2D eigenvalue weighted by Crippen LogP contribution is -1.99. The SMILES string of the molecule is CCn1ncc2c(N)ccc(N)c21. The number of nitrogen functional groups attached to an aromatic ring is 2. The molecule has 4 nitrogen and oxygen atoms in total. The van der Waals surface area contributed by atoms with Crippen molar-refractivity contribution in [1.82, 2.24) is 9.78 Å². The second-order valence-corrected chi connectivity index (χ2v) is 2.97. The summed E-state index contributed by atoms with van der Waals surface area (Å²) in [4.78, 5) is 0. The van der Waals surface area contributed by atoms with Gasteiger partial charge in [0.15, 0.2) is 0 Å². The first-order chi connectivity index (χ1) is 6.24. The highest BCUT2D eigenvalue weighted by atomic mass is 15.3. The zero-order chi connectivity index (χ0) is 9.42. The maximum Gasteiger partial charge on any atom is 0.0932 e. The fraction of sp³-hybridized carbons (Fsp3) is 0.222. The number of hydrogen-bond donors (Lipinski definition) is 2. The van der Waals surface area contributed by atoms with Crippen molar-refractivity contribution in [2.24, 2.45) is 0 Å². The van der Waals surface area contributed by atoms with Crippen molar-refractivity contribution < 1.29 is 0 Å². The normalized spacial score (nSPS) is 10.8. The van der Waals surface area contributed by atoms with Gasteiger partial charge in [-0.1, -0.05) is 0 Å². The van der Waals surface area contributed by atoms with Crippen LogP contribution in [0, 0.1) is 0 Å². The van der Waals surface area contributed by atoms with Gasteiger partial charge in [-0.3, -0.25) is 4.68 Å². The van der Waals surface area contributed by atoms with Gasteiger partial charge in [0.25, 0.3) is 0 Å². The summed E-state index contributed by atoms with van der Waals surface area (Å²) in [5, 5.41) is 5.12. The number of aromatic nitrogens is 2. The van der Waals surface area contributed by atoms with Crippen molar-refractivity contribution in [3.8, 4) is 0 Å². The molecular formula is C9H12N4. The molecule has 4 N–H and O–H groups in total. The molecule has 0 radical (unpaired) electrons. The van der Waals surface area contributed by atoms with Gasteiger partial charge in [-0.15, -0.1) is 0 Å². The summed E-state index contributed by atoms with van der Waals surface area (Å²) in [6.07, 6.45) is 1.75. The van der Waals surface area contributed by atoms with Gasteiger partial charge in [0, 0.05) is 17.6 Å². The quantitative estimate of drug-likeness (QED) is 0.642. The third-order valence-corrected chi connectivity index (χ3v) is 2.17. The van der Waals surface area contributed by atoms with Crippen LogP contribution in [-0.4, -0.2) is 9.78 Å². The van der Waals surface area contributed by atoms with E-state index in [1.807, 2.05) is 17.7 Å². The molecule has 68 valence electrons. The van der Waals surface area contributed by atoms with Crippen molar-refractivity contribution in [3.63, 3.8) is 0 Å². The van der Waals surface area contributed by atoms with Crippen LogP contribution in [0.3, 0.4) is 0 Å². The molecule has 1 aromatic heterocycles. The van der Waals surface area contributed by atoms with Gasteiger partial charge >= 0.3 is 0 Å². The summed E-state index contributed by atoms with van der Waals surface area (Å²) >= 11 is 0. The topological polar surface area (TPSA) is 69.9 Å². The maximum absolute atomic E-state index is 5.83. The van der Waals surface area contributed by atoms with E-state index < -0.39 is 0 Å². The van der Waals surface area contributed by atoms with E-state index in [0.717, 1.165) is 28.8 Å². The summed E-state index contributed by atoms with van der Waals surface area (Å²) < 4.78 is 1.85. The average molecular weight is 176 g/mol. The number of aryl methyl sites for hydroxylation is 1. The van der Waals surface area contributed by atoms with Crippen molar-refractivity contribution in [2.75, 3.05) is 11.5 Å². The second kappa shape index (κ2) is 2.65. The monoisotopic (exact) mass is 176 g/mol. The Morgan fingerprint density at radius 1 is 1.31 bits per heavy atom. The summed E-state index contributed by atoms with van der Waals surface area (Å²) in [5.74, 6) is 0. The highest BCUT2D eigenvalue weighted by Gasteiger charge is 2.06. The van der Waals surface area contributed by atoms with Gasteiger partial charge in [-0.2, -0.15) is 5.10 Å². The van der Waals surface area contributed by atoms with E-state index in [4.69, 9.17) is 11.5 Å². The standard InChI is InChI=1S/C9H12N4/c1-2-13-9-6(5-12-13)7(10)3-4-8(9)11/h3-5H,2,10-11H2,1H3. The molecule has 0 fully saturated rings. The molecule has 2 rings (SSSR count). The summed E-state index contributed by atoms with van der Waals surface area (Å²) in [5.41, 5.74) is 14.0. The minimum atomic E-state index is 0.726. The lowest BCUT2D eigenvalue weighted by Gasteiger charge is -2.03. The molecule has 13 heavy (non-hydrogen) atoms. The van der Waals surface area contributed by atoms with Gasteiger partial charge in [0.2, 0.25) is 0 Å². The first kappa shape index (κ1) is 7.91. The first-order valence-corrected chi connectivity index (χ1v) is 4.23. The number of hydrogen-bond acceptors (Lipinski definition) is 3. The molecule has 4 heteroatoms. The van der Waals surface area contributed by atoms with E-state index >= 15 is 0 Å². The Hall–Kier alpha value is -1.71. The largest absolute Gasteiger partial charge is 0.398 e. The van der Waals surface area contributed by atoms with E-state index in [9.17, 15) is 0 Å². The summed E-state index contributed by atoms with van der Waals surface area (Å²) in [7, 11) is 0. The Labute approximate surface area is 76.1 Å². The van der Waals surface area contributed by atoms with Crippen LogP contribution in [0.25, 0.3) is 10.9 Å². The van der Waals surface area contributed by atoms with Crippen LogP contribution in [-0.2, 0) is 6.54 Å². The van der Waals surface area contributed by atoms with Crippen molar-refractivity contribution in [1.29, 1.82) is 0 Å². The van der Waals surface area contributed by atoms with Gasteiger partial charge in [-0.25, -0.2) is 0 Å². The van der Waals surface area contributed by atoms with Crippen LogP contribution in [0.2, 0.25) is 0 Å². The molecule has 0 aliphatic rings. The van der Waals surface area contributed by atoms with Crippen LogP contribution < -0.4 is 11.5 Å². The van der Waals surface area contributed by atoms with Gasteiger partial charge in [0.1, 0.15) is 0 Å². The van der Waals surface area contributed by atoms with Gasteiger partial charge in [-0.05, 0) is 19.1 Å². The molecule has 0 aliphatic heterocycles. The number of nitrogens with two attached hydrogens (primary N) is 2. The van der Waals surface area contributed by atoms with Crippen LogP contribution in [0.1, 0.15) is 6.92 Å². The van der Waals surface area contributed by atoms with Crippen LogP contribution in [0.5, 0.6) is 0 Å². The van der Waals surface area contributed by atoms with E-state index in [1.165, 1.54) is 0 Å². The second-order valence-electron chi connectivity index (χ2n) is 2.97. The molecule has 1 aromatic carbocycles. The number of fused-ring (bicyclic) bond motifs is 1. The molecular weight excluding hydrogens is 164 g/mol.